The van der Waals surface area contributed by atoms with Crippen molar-refractivity contribution in [1.29, 1.82) is 0 Å². The van der Waals surface area contributed by atoms with Gasteiger partial charge in [0, 0.05) is 11.9 Å². The number of ether oxygens (including phenoxy) is 2. The van der Waals surface area contributed by atoms with Crippen molar-refractivity contribution in [2.75, 3.05) is 21.3 Å². The molecule has 1 heterocycles. The van der Waals surface area contributed by atoms with Crippen LogP contribution in [0.4, 0.5) is 0 Å². The topological polar surface area (TPSA) is 71.9 Å². The average Bonchev–Trinajstić information content (AvgIpc) is 2.92. The Kier molecular flexibility index (Phi) is 5.80. The van der Waals surface area contributed by atoms with Gasteiger partial charge >= 0.3 is 5.97 Å². The second-order valence-corrected chi connectivity index (χ2v) is 6.66. The fourth-order valence-electron chi connectivity index (χ4n) is 2.70. The van der Waals surface area contributed by atoms with Gasteiger partial charge in [-0.15, -0.1) is 11.3 Å². The minimum Gasteiger partial charge on any atom is -0.496 e. The zero-order valence-electron chi connectivity index (χ0n) is 14.5. The summed E-state index contributed by atoms with van der Waals surface area (Å²) in [5.41, 5.74) is 2.29. The third kappa shape index (κ3) is 3.85. The van der Waals surface area contributed by atoms with Crippen LogP contribution in [0.1, 0.15) is 27.9 Å². The van der Waals surface area contributed by atoms with E-state index in [0.717, 1.165) is 16.3 Å². The molecule has 0 aliphatic heterocycles. The Balaban J connectivity index is 2.45. The van der Waals surface area contributed by atoms with Crippen LogP contribution in [0.2, 0.25) is 0 Å². The van der Waals surface area contributed by atoms with E-state index in [-0.39, 0.29) is 0 Å². The molecule has 130 valence electrons. The molecule has 0 radical (unpaired) electrons. The van der Waals surface area contributed by atoms with Gasteiger partial charge in [0.05, 0.1) is 30.5 Å². The van der Waals surface area contributed by atoms with Crippen LogP contribution in [-0.2, 0) is 11.3 Å². The highest BCUT2D eigenvalue weighted by Crippen LogP contribution is 2.38. The van der Waals surface area contributed by atoms with Crippen LogP contribution in [0.5, 0.6) is 11.5 Å². The lowest BCUT2D eigenvalue weighted by molar-refractivity contribution is -0.143. The monoisotopic (exact) mass is 350 g/mol. The minimum atomic E-state index is -0.968. The van der Waals surface area contributed by atoms with Crippen molar-refractivity contribution in [3.8, 4) is 11.5 Å². The number of benzene rings is 1. The van der Waals surface area contributed by atoms with E-state index in [1.165, 1.54) is 14.2 Å². The van der Waals surface area contributed by atoms with Crippen LogP contribution in [-0.4, -0.2) is 42.2 Å². The maximum atomic E-state index is 12.0. The molecule has 2 rings (SSSR count). The summed E-state index contributed by atoms with van der Waals surface area (Å²) < 4.78 is 10.8. The van der Waals surface area contributed by atoms with Gasteiger partial charge in [-0.2, -0.15) is 0 Å². The van der Waals surface area contributed by atoms with Gasteiger partial charge in [-0.3, -0.25) is 9.69 Å². The molecule has 0 unspecified atom stereocenters. The fourth-order valence-corrected chi connectivity index (χ4v) is 3.30. The predicted molar refractivity (Wildman–Crippen MR) is 93.0 cm³/mol. The Hall–Kier alpha value is -2.12. The van der Waals surface area contributed by atoms with Gasteiger partial charge < -0.3 is 14.6 Å². The summed E-state index contributed by atoms with van der Waals surface area (Å²) in [5.74, 6) is 0.0334. The number of aromatic nitrogens is 1. The van der Waals surface area contributed by atoms with Crippen LogP contribution >= 0.6 is 11.3 Å². The van der Waals surface area contributed by atoms with Crippen molar-refractivity contribution >= 4 is 17.3 Å². The predicted octanol–water partition coefficient (Wildman–Crippen LogP) is 3.03. The van der Waals surface area contributed by atoms with E-state index in [1.54, 1.807) is 23.3 Å². The third-order valence-corrected chi connectivity index (χ3v) is 4.54. The first-order valence-electron chi connectivity index (χ1n) is 7.44. The molecule has 0 aliphatic carbocycles. The molecule has 0 saturated carbocycles. The first-order valence-corrected chi connectivity index (χ1v) is 8.32. The zero-order chi connectivity index (χ0) is 17.9. The number of aliphatic carboxylic acids is 1. The van der Waals surface area contributed by atoms with E-state index in [2.05, 4.69) is 4.98 Å². The molecule has 0 aliphatic rings. The second-order valence-electron chi connectivity index (χ2n) is 5.60. The molecule has 1 aromatic carbocycles. The fraction of sp³-hybridized carbons (Fsp3) is 0.412. The molecule has 1 atom stereocenters. The number of hydrogen-bond donors (Lipinski definition) is 1. The molecule has 0 amide bonds. The SMILES string of the molecule is COc1cc(C)cc(OC)c1[C@H](C(=O)O)N(C)Cc1csc(C)n1. The average molecular weight is 350 g/mol. The first-order chi connectivity index (χ1) is 11.4. The summed E-state index contributed by atoms with van der Waals surface area (Å²) in [6, 6.07) is 2.72. The molecule has 2 aromatic rings. The van der Waals surface area contributed by atoms with E-state index >= 15 is 0 Å². The molecular formula is C17H22N2O4S. The lowest BCUT2D eigenvalue weighted by Gasteiger charge is -2.27. The molecule has 6 nitrogen and oxygen atoms in total. The molecule has 1 aromatic heterocycles. The maximum absolute atomic E-state index is 12.0. The molecule has 0 spiro atoms. The van der Waals surface area contributed by atoms with Crippen molar-refractivity contribution in [3.05, 3.63) is 39.3 Å². The molecule has 24 heavy (non-hydrogen) atoms. The summed E-state index contributed by atoms with van der Waals surface area (Å²) in [6.07, 6.45) is 0. The number of thiazole rings is 1. The van der Waals surface area contributed by atoms with Gasteiger partial charge in [0.1, 0.15) is 17.5 Å². The van der Waals surface area contributed by atoms with Crippen molar-refractivity contribution < 1.29 is 19.4 Å². The number of aryl methyl sites for hydroxylation is 2. The summed E-state index contributed by atoms with van der Waals surface area (Å²) in [5, 5.41) is 12.7. The number of methoxy groups -OCH3 is 2. The highest BCUT2D eigenvalue weighted by atomic mass is 32.1. The largest absolute Gasteiger partial charge is 0.496 e. The van der Waals surface area contributed by atoms with Gasteiger partial charge in [-0.25, -0.2) is 4.98 Å². The van der Waals surface area contributed by atoms with Crippen molar-refractivity contribution in [3.63, 3.8) is 0 Å². The lowest BCUT2D eigenvalue weighted by atomic mass is 10.0. The quantitative estimate of drug-likeness (QED) is 0.827. The molecule has 7 heteroatoms. The second kappa shape index (κ2) is 7.63. The van der Waals surface area contributed by atoms with Gasteiger partial charge in [-0.1, -0.05) is 0 Å². The molecule has 0 bridgehead atoms. The van der Waals surface area contributed by atoms with Crippen molar-refractivity contribution in [2.45, 2.75) is 26.4 Å². The number of rotatable bonds is 7. The van der Waals surface area contributed by atoms with Crippen LogP contribution in [0.3, 0.4) is 0 Å². The number of hydrogen-bond acceptors (Lipinski definition) is 6. The molecule has 0 saturated heterocycles. The Morgan fingerprint density at radius 2 is 1.88 bits per heavy atom. The van der Waals surface area contributed by atoms with Gasteiger partial charge in [0.15, 0.2) is 0 Å². The Morgan fingerprint density at radius 1 is 1.29 bits per heavy atom. The molecular weight excluding hydrogens is 328 g/mol. The number of carboxylic acids is 1. The summed E-state index contributed by atoms with van der Waals surface area (Å²) in [6.45, 7) is 4.25. The van der Waals surface area contributed by atoms with E-state index in [0.29, 0.717) is 23.6 Å². The number of likely N-dealkylation sites (N-methyl/N-ethyl adjacent to an activating group) is 1. The number of carboxylic acid groups (broad SMARTS) is 1. The third-order valence-electron chi connectivity index (χ3n) is 3.71. The van der Waals surface area contributed by atoms with Crippen LogP contribution in [0, 0.1) is 13.8 Å². The van der Waals surface area contributed by atoms with Gasteiger partial charge in [0.2, 0.25) is 0 Å². The maximum Gasteiger partial charge on any atom is 0.325 e. The first kappa shape index (κ1) is 18.2. The smallest absolute Gasteiger partial charge is 0.325 e. The van der Waals surface area contributed by atoms with Crippen molar-refractivity contribution in [1.82, 2.24) is 9.88 Å². The van der Waals surface area contributed by atoms with Gasteiger partial charge in [-0.05, 0) is 38.6 Å². The van der Waals surface area contributed by atoms with Crippen LogP contribution in [0.25, 0.3) is 0 Å². The summed E-state index contributed by atoms with van der Waals surface area (Å²) in [7, 11) is 4.81. The Labute approximate surface area is 145 Å². The zero-order valence-corrected chi connectivity index (χ0v) is 15.3. The molecule has 1 N–H and O–H groups in total. The van der Waals surface area contributed by atoms with Crippen LogP contribution < -0.4 is 9.47 Å². The van der Waals surface area contributed by atoms with Gasteiger partial charge in [0.25, 0.3) is 0 Å². The Morgan fingerprint density at radius 3 is 2.29 bits per heavy atom. The highest BCUT2D eigenvalue weighted by Gasteiger charge is 2.31. The van der Waals surface area contributed by atoms with Crippen molar-refractivity contribution in [2.24, 2.45) is 0 Å². The molecule has 0 fully saturated rings. The minimum absolute atomic E-state index is 0.418. The Bertz CT molecular complexity index is 704. The van der Waals surface area contributed by atoms with E-state index in [4.69, 9.17) is 9.47 Å². The number of nitrogens with zero attached hydrogens (tertiary/aromatic N) is 2. The van der Waals surface area contributed by atoms with E-state index in [1.807, 2.05) is 31.4 Å². The number of carbonyl (C=O) groups is 1. The lowest BCUT2D eigenvalue weighted by Crippen LogP contribution is -2.31. The van der Waals surface area contributed by atoms with E-state index < -0.39 is 12.0 Å². The summed E-state index contributed by atoms with van der Waals surface area (Å²) in [4.78, 5) is 18.1. The standard InChI is InChI=1S/C17H22N2O4S/c1-10-6-13(22-4)15(14(7-10)23-5)16(17(20)21)19(3)8-12-9-24-11(2)18-12/h6-7,9,16H,8H2,1-5H3,(H,20,21)/t16-/m1/s1. The normalized spacial score (nSPS) is 12.2. The highest BCUT2D eigenvalue weighted by molar-refractivity contribution is 7.09. The van der Waals surface area contributed by atoms with Crippen LogP contribution in [0.15, 0.2) is 17.5 Å². The van der Waals surface area contributed by atoms with E-state index in [9.17, 15) is 9.90 Å². The summed E-state index contributed by atoms with van der Waals surface area (Å²) >= 11 is 1.54.